The van der Waals surface area contributed by atoms with Crippen LogP contribution in [0.3, 0.4) is 0 Å². The molecule has 0 saturated heterocycles. The summed E-state index contributed by atoms with van der Waals surface area (Å²) in [5.41, 5.74) is 5.03. The Bertz CT molecular complexity index is 245. The first kappa shape index (κ1) is 8.73. The highest BCUT2D eigenvalue weighted by Gasteiger charge is 2.07. The van der Waals surface area contributed by atoms with E-state index in [0.717, 1.165) is 0 Å². The Balaban J connectivity index is 2.31. The topological polar surface area (TPSA) is 81.2 Å². The summed E-state index contributed by atoms with van der Waals surface area (Å²) in [5, 5.41) is 2.88. The van der Waals surface area contributed by atoms with Crippen LogP contribution >= 0.6 is 0 Å². The van der Waals surface area contributed by atoms with Crippen LogP contribution in [0.1, 0.15) is 12.7 Å². The van der Waals surface area contributed by atoms with Crippen LogP contribution in [0.25, 0.3) is 0 Å². The van der Waals surface area contributed by atoms with Crippen molar-refractivity contribution in [2.45, 2.75) is 19.5 Å². The highest BCUT2D eigenvalue weighted by molar-refractivity contribution is 5.79. The monoisotopic (exact) mass is 169 g/mol. The molecule has 0 aliphatic rings. The first-order chi connectivity index (χ1) is 5.70. The van der Waals surface area contributed by atoms with Gasteiger partial charge in [-0.3, -0.25) is 10.1 Å². The molecule has 12 heavy (non-hydrogen) atoms. The molecule has 1 aromatic rings. The molecular formula is C7H11N3O2. The zero-order chi connectivity index (χ0) is 8.97. The van der Waals surface area contributed by atoms with E-state index in [9.17, 15) is 4.79 Å². The molecule has 0 aliphatic carbocycles. The van der Waals surface area contributed by atoms with Crippen LogP contribution in [0.5, 0.6) is 0 Å². The Kier molecular flexibility index (Phi) is 2.82. The lowest BCUT2D eigenvalue weighted by atomic mass is 10.3. The Morgan fingerprint density at radius 3 is 3.17 bits per heavy atom. The minimum Gasteiger partial charge on any atom is -0.447 e. The predicted octanol–water partition coefficient (Wildman–Crippen LogP) is -0.362. The van der Waals surface area contributed by atoms with E-state index in [-0.39, 0.29) is 11.9 Å². The maximum atomic E-state index is 10.6. The zero-order valence-electron chi connectivity index (χ0n) is 6.78. The number of oxazole rings is 1. The normalized spacial score (nSPS) is 12.8. The highest BCUT2D eigenvalue weighted by Crippen LogP contribution is 1.95. The van der Waals surface area contributed by atoms with E-state index in [1.807, 2.05) is 0 Å². The number of amides is 1. The van der Waals surface area contributed by atoms with Crippen LogP contribution in [0.2, 0.25) is 0 Å². The summed E-state index contributed by atoms with van der Waals surface area (Å²) < 4.78 is 4.94. The van der Waals surface area contributed by atoms with E-state index in [2.05, 4.69) is 10.3 Å². The van der Waals surface area contributed by atoms with Crippen molar-refractivity contribution >= 4 is 5.91 Å². The molecule has 0 bridgehead atoms. The smallest absolute Gasteiger partial charge is 0.234 e. The summed E-state index contributed by atoms with van der Waals surface area (Å²) in [7, 11) is 0. The fraction of sp³-hybridized carbons (Fsp3) is 0.429. The maximum absolute atomic E-state index is 10.6. The van der Waals surface area contributed by atoms with Crippen molar-refractivity contribution in [3.05, 3.63) is 18.4 Å². The molecule has 0 spiro atoms. The molecule has 1 atom stereocenters. The molecule has 0 aliphatic heterocycles. The highest BCUT2D eigenvalue weighted by atomic mass is 16.3. The number of nitrogens with one attached hydrogen (secondary N) is 1. The number of hydrogen-bond donors (Lipinski definition) is 2. The average molecular weight is 169 g/mol. The standard InChI is InChI=1S/C7H11N3O2/c1-5(7(8)11)10-3-6-2-9-4-12-6/h2,4-5,10H,3H2,1H3,(H2,8,11). The molecule has 3 N–H and O–H groups in total. The lowest BCUT2D eigenvalue weighted by Crippen LogP contribution is -2.38. The van der Waals surface area contributed by atoms with Gasteiger partial charge in [0, 0.05) is 0 Å². The van der Waals surface area contributed by atoms with Crippen molar-refractivity contribution in [2.24, 2.45) is 5.73 Å². The quantitative estimate of drug-likeness (QED) is 0.644. The van der Waals surface area contributed by atoms with Crippen molar-refractivity contribution in [1.29, 1.82) is 0 Å². The van der Waals surface area contributed by atoms with E-state index < -0.39 is 0 Å². The number of nitrogens with two attached hydrogens (primary N) is 1. The molecule has 66 valence electrons. The van der Waals surface area contributed by atoms with E-state index in [4.69, 9.17) is 10.2 Å². The maximum Gasteiger partial charge on any atom is 0.234 e. The van der Waals surface area contributed by atoms with Crippen LogP contribution in [0.4, 0.5) is 0 Å². The summed E-state index contributed by atoms with van der Waals surface area (Å²) >= 11 is 0. The number of carbonyl (C=O) groups excluding carboxylic acids is 1. The first-order valence-corrected chi connectivity index (χ1v) is 3.60. The molecule has 0 saturated carbocycles. The van der Waals surface area contributed by atoms with Crippen molar-refractivity contribution in [3.63, 3.8) is 0 Å². The predicted molar refractivity (Wildman–Crippen MR) is 42.0 cm³/mol. The molecule has 1 amide bonds. The minimum absolute atomic E-state index is 0.352. The summed E-state index contributed by atoms with van der Waals surface area (Å²) in [6.45, 7) is 2.16. The van der Waals surface area contributed by atoms with Crippen LogP contribution in [-0.4, -0.2) is 16.9 Å². The third kappa shape index (κ3) is 2.35. The Labute approximate surface area is 70.0 Å². The summed E-state index contributed by atoms with van der Waals surface area (Å²) in [5.74, 6) is 0.303. The largest absolute Gasteiger partial charge is 0.447 e. The fourth-order valence-electron chi connectivity index (χ4n) is 0.684. The van der Waals surface area contributed by atoms with Gasteiger partial charge in [0.15, 0.2) is 6.39 Å². The van der Waals surface area contributed by atoms with Gasteiger partial charge in [-0.2, -0.15) is 0 Å². The molecule has 5 nitrogen and oxygen atoms in total. The van der Waals surface area contributed by atoms with Gasteiger partial charge in [0.05, 0.1) is 18.8 Å². The van der Waals surface area contributed by atoms with Gasteiger partial charge in [0.2, 0.25) is 5.91 Å². The van der Waals surface area contributed by atoms with Gasteiger partial charge in [-0.1, -0.05) is 0 Å². The fourth-order valence-corrected chi connectivity index (χ4v) is 0.684. The van der Waals surface area contributed by atoms with Crippen molar-refractivity contribution in [2.75, 3.05) is 0 Å². The van der Waals surface area contributed by atoms with Gasteiger partial charge in [-0.05, 0) is 6.92 Å². The number of aromatic nitrogens is 1. The SMILES string of the molecule is CC(NCc1cnco1)C(N)=O. The van der Waals surface area contributed by atoms with Crippen molar-refractivity contribution in [3.8, 4) is 0 Å². The molecular weight excluding hydrogens is 158 g/mol. The van der Waals surface area contributed by atoms with Crippen LogP contribution in [-0.2, 0) is 11.3 Å². The molecule has 1 rings (SSSR count). The molecule has 1 unspecified atom stereocenters. The lowest BCUT2D eigenvalue weighted by Gasteiger charge is -2.06. The zero-order valence-corrected chi connectivity index (χ0v) is 6.78. The third-order valence-electron chi connectivity index (χ3n) is 1.49. The minimum atomic E-state index is -0.380. The van der Waals surface area contributed by atoms with Crippen molar-refractivity contribution in [1.82, 2.24) is 10.3 Å². The number of primary amides is 1. The van der Waals surface area contributed by atoms with E-state index >= 15 is 0 Å². The summed E-state index contributed by atoms with van der Waals surface area (Å²) in [6, 6.07) is -0.352. The Morgan fingerprint density at radius 1 is 1.92 bits per heavy atom. The second-order valence-corrected chi connectivity index (χ2v) is 2.47. The molecule has 0 aromatic carbocycles. The molecule has 5 heteroatoms. The van der Waals surface area contributed by atoms with Gasteiger partial charge < -0.3 is 10.2 Å². The average Bonchev–Trinajstić information content (AvgIpc) is 2.51. The van der Waals surface area contributed by atoms with Gasteiger partial charge in [0.1, 0.15) is 5.76 Å². The number of carbonyl (C=O) groups is 1. The van der Waals surface area contributed by atoms with Gasteiger partial charge >= 0.3 is 0 Å². The molecule has 1 heterocycles. The number of hydrogen-bond acceptors (Lipinski definition) is 4. The summed E-state index contributed by atoms with van der Waals surface area (Å²) in [6.07, 6.45) is 2.92. The molecule has 0 radical (unpaired) electrons. The van der Waals surface area contributed by atoms with Crippen molar-refractivity contribution < 1.29 is 9.21 Å². The van der Waals surface area contributed by atoms with Crippen LogP contribution in [0, 0.1) is 0 Å². The number of rotatable bonds is 4. The Hall–Kier alpha value is -1.36. The van der Waals surface area contributed by atoms with E-state index in [1.165, 1.54) is 6.39 Å². The van der Waals surface area contributed by atoms with Crippen LogP contribution in [0.15, 0.2) is 17.0 Å². The van der Waals surface area contributed by atoms with E-state index in [0.29, 0.717) is 12.3 Å². The van der Waals surface area contributed by atoms with Gasteiger partial charge in [0.25, 0.3) is 0 Å². The Morgan fingerprint density at radius 2 is 2.67 bits per heavy atom. The molecule has 1 aromatic heterocycles. The summed E-state index contributed by atoms with van der Waals surface area (Å²) in [4.78, 5) is 14.3. The van der Waals surface area contributed by atoms with Gasteiger partial charge in [-0.25, -0.2) is 4.98 Å². The first-order valence-electron chi connectivity index (χ1n) is 3.60. The van der Waals surface area contributed by atoms with Gasteiger partial charge in [-0.15, -0.1) is 0 Å². The lowest BCUT2D eigenvalue weighted by molar-refractivity contribution is -0.119. The number of nitrogens with zero attached hydrogens (tertiary/aromatic N) is 1. The molecule has 0 fully saturated rings. The van der Waals surface area contributed by atoms with Crippen LogP contribution < -0.4 is 11.1 Å². The second-order valence-electron chi connectivity index (χ2n) is 2.47. The third-order valence-corrected chi connectivity index (χ3v) is 1.49. The second kappa shape index (κ2) is 3.87. The van der Waals surface area contributed by atoms with E-state index in [1.54, 1.807) is 13.1 Å².